The lowest BCUT2D eigenvalue weighted by Crippen LogP contribution is -2.50. The molecule has 0 aliphatic carbocycles. The summed E-state index contributed by atoms with van der Waals surface area (Å²) in [4.78, 5) is 10.6. The number of halogens is 1. The molecule has 0 aromatic carbocycles. The Morgan fingerprint density at radius 3 is 2.71 bits per heavy atom. The predicted octanol–water partition coefficient (Wildman–Crippen LogP) is 0.254. The van der Waals surface area contributed by atoms with Gasteiger partial charge in [-0.2, -0.15) is 0 Å². The number of likely N-dealkylation sites (tertiary alicyclic amines) is 1. The number of aromatic nitrogens is 1. The molecule has 1 aromatic rings. The summed E-state index contributed by atoms with van der Waals surface area (Å²) < 4.78 is 31.9. The van der Waals surface area contributed by atoms with E-state index in [9.17, 15) is 8.42 Å². The number of piperidine rings is 1. The Bertz CT molecular complexity index is 681. The highest BCUT2D eigenvalue weighted by Gasteiger charge is 2.19. The second-order valence-electron chi connectivity index (χ2n) is 6.34. The van der Waals surface area contributed by atoms with E-state index in [4.69, 9.17) is 4.74 Å². The molecule has 28 heavy (non-hydrogen) atoms. The molecule has 0 amide bonds. The monoisotopic (exact) mass is 526 g/mol. The van der Waals surface area contributed by atoms with Gasteiger partial charge in [-0.3, -0.25) is 9.98 Å². The number of methoxy groups -OCH3 is 1. The van der Waals surface area contributed by atoms with Gasteiger partial charge in [0.2, 0.25) is 10.0 Å². The van der Waals surface area contributed by atoms with E-state index in [-0.39, 0.29) is 35.4 Å². The van der Waals surface area contributed by atoms with Gasteiger partial charge in [0.25, 0.3) is 0 Å². The third-order valence-corrected chi connectivity index (χ3v) is 5.86. The van der Waals surface area contributed by atoms with Crippen LogP contribution < -0.4 is 15.4 Å². The second kappa shape index (κ2) is 13.2. The summed E-state index contributed by atoms with van der Waals surface area (Å²) in [6.45, 7) is 4.48. The standard InChI is InChI=1S/C17H30N6O3S.HI/c1-18-17(22-15-5-10-23(11-6-15)12-13-26-2)20-8-9-21-27(24,25)16-4-3-7-19-14-16;/h3-4,7,14-15,21H,5-6,8-13H2,1-2H3,(H2,18,20,22);1H. The quantitative estimate of drug-likeness (QED) is 0.183. The zero-order chi connectivity index (χ0) is 19.5. The van der Waals surface area contributed by atoms with Gasteiger partial charge < -0.3 is 20.3 Å². The number of rotatable bonds is 9. The van der Waals surface area contributed by atoms with Crippen LogP contribution in [0.4, 0.5) is 0 Å². The third-order valence-electron chi connectivity index (χ3n) is 4.42. The van der Waals surface area contributed by atoms with Crippen molar-refractivity contribution in [1.29, 1.82) is 0 Å². The molecule has 1 aliphatic heterocycles. The van der Waals surface area contributed by atoms with Crippen LogP contribution in [0, 0.1) is 0 Å². The Morgan fingerprint density at radius 2 is 2.11 bits per heavy atom. The SMILES string of the molecule is CN=C(NCCNS(=O)(=O)c1cccnc1)NC1CCN(CCOC)CC1.I. The molecule has 9 nitrogen and oxygen atoms in total. The van der Waals surface area contributed by atoms with Crippen LogP contribution in [0.25, 0.3) is 0 Å². The maximum atomic E-state index is 12.1. The van der Waals surface area contributed by atoms with Crippen molar-refractivity contribution in [3.8, 4) is 0 Å². The van der Waals surface area contributed by atoms with Crippen LogP contribution in [0.1, 0.15) is 12.8 Å². The Kier molecular flexibility index (Phi) is 11.8. The predicted molar refractivity (Wildman–Crippen MR) is 121 cm³/mol. The van der Waals surface area contributed by atoms with Crippen molar-refractivity contribution in [2.75, 3.05) is 53.5 Å². The molecule has 1 aliphatic rings. The Labute approximate surface area is 184 Å². The maximum absolute atomic E-state index is 12.1. The lowest BCUT2D eigenvalue weighted by Gasteiger charge is -2.32. The van der Waals surface area contributed by atoms with Crippen molar-refractivity contribution in [3.05, 3.63) is 24.5 Å². The van der Waals surface area contributed by atoms with Gasteiger partial charge in [0.1, 0.15) is 4.90 Å². The van der Waals surface area contributed by atoms with E-state index in [0.29, 0.717) is 18.5 Å². The maximum Gasteiger partial charge on any atom is 0.242 e. The van der Waals surface area contributed by atoms with Crippen LogP contribution in [0.2, 0.25) is 0 Å². The van der Waals surface area contributed by atoms with Crippen LogP contribution in [-0.2, 0) is 14.8 Å². The number of sulfonamides is 1. The largest absolute Gasteiger partial charge is 0.383 e. The van der Waals surface area contributed by atoms with Crippen molar-refractivity contribution in [1.82, 2.24) is 25.2 Å². The summed E-state index contributed by atoms with van der Waals surface area (Å²) >= 11 is 0. The Hall–Kier alpha value is -1.02. The first-order chi connectivity index (χ1) is 13.0. The molecule has 0 saturated carbocycles. The van der Waals surface area contributed by atoms with Crippen LogP contribution in [0.3, 0.4) is 0 Å². The molecule has 1 fully saturated rings. The Morgan fingerprint density at radius 1 is 1.36 bits per heavy atom. The molecule has 160 valence electrons. The molecule has 11 heteroatoms. The van der Waals surface area contributed by atoms with E-state index < -0.39 is 10.0 Å². The summed E-state index contributed by atoms with van der Waals surface area (Å²) in [6.07, 6.45) is 4.95. The van der Waals surface area contributed by atoms with Crippen molar-refractivity contribution in [2.45, 2.75) is 23.8 Å². The average molecular weight is 526 g/mol. The summed E-state index contributed by atoms with van der Waals surface area (Å²) in [5, 5.41) is 6.55. The minimum atomic E-state index is -3.53. The van der Waals surface area contributed by atoms with Crippen molar-refractivity contribution in [2.24, 2.45) is 4.99 Å². The molecule has 0 bridgehead atoms. The number of nitrogens with zero attached hydrogens (tertiary/aromatic N) is 3. The van der Waals surface area contributed by atoms with E-state index in [1.165, 1.54) is 18.5 Å². The van der Waals surface area contributed by atoms with Gasteiger partial charge in [0, 0.05) is 65.3 Å². The zero-order valence-electron chi connectivity index (χ0n) is 16.4. The van der Waals surface area contributed by atoms with E-state index in [1.807, 2.05) is 0 Å². The molecule has 0 radical (unpaired) electrons. The van der Waals surface area contributed by atoms with E-state index in [2.05, 4.69) is 30.2 Å². The normalized spacial score (nSPS) is 16.4. The molecule has 1 saturated heterocycles. The minimum Gasteiger partial charge on any atom is -0.383 e. The number of hydrogen-bond donors (Lipinski definition) is 3. The van der Waals surface area contributed by atoms with Gasteiger partial charge in [-0.1, -0.05) is 0 Å². The van der Waals surface area contributed by atoms with E-state index >= 15 is 0 Å². The second-order valence-corrected chi connectivity index (χ2v) is 8.11. The van der Waals surface area contributed by atoms with Crippen molar-refractivity contribution < 1.29 is 13.2 Å². The van der Waals surface area contributed by atoms with E-state index in [1.54, 1.807) is 20.2 Å². The molecule has 1 aromatic heterocycles. The number of ether oxygens (including phenoxy) is 1. The Balaban J connectivity index is 0.00000392. The average Bonchev–Trinajstić information content (AvgIpc) is 2.70. The van der Waals surface area contributed by atoms with Gasteiger partial charge in [0.05, 0.1) is 6.61 Å². The highest BCUT2D eigenvalue weighted by molar-refractivity contribution is 14.0. The molecular formula is C17H31IN6O3S. The zero-order valence-corrected chi connectivity index (χ0v) is 19.6. The van der Waals surface area contributed by atoms with Crippen molar-refractivity contribution >= 4 is 40.0 Å². The van der Waals surface area contributed by atoms with Crippen LogP contribution in [0.15, 0.2) is 34.4 Å². The molecule has 0 unspecified atom stereocenters. The van der Waals surface area contributed by atoms with Gasteiger partial charge in [-0.25, -0.2) is 13.1 Å². The lowest BCUT2D eigenvalue weighted by atomic mass is 10.1. The van der Waals surface area contributed by atoms with Crippen LogP contribution in [0.5, 0.6) is 0 Å². The summed E-state index contributed by atoms with van der Waals surface area (Å²) in [5.74, 6) is 0.686. The number of aliphatic imine (C=N–C) groups is 1. The highest BCUT2D eigenvalue weighted by atomic mass is 127. The van der Waals surface area contributed by atoms with Crippen LogP contribution >= 0.6 is 24.0 Å². The summed E-state index contributed by atoms with van der Waals surface area (Å²) in [5.41, 5.74) is 0. The van der Waals surface area contributed by atoms with Gasteiger partial charge in [0.15, 0.2) is 5.96 Å². The lowest BCUT2D eigenvalue weighted by molar-refractivity contribution is 0.128. The number of nitrogens with one attached hydrogen (secondary N) is 3. The topological polar surface area (TPSA) is 108 Å². The number of guanidine groups is 1. The van der Waals surface area contributed by atoms with E-state index in [0.717, 1.165) is 39.1 Å². The smallest absolute Gasteiger partial charge is 0.242 e. The number of hydrogen-bond acceptors (Lipinski definition) is 6. The molecular weight excluding hydrogens is 495 g/mol. The minimum absolute atomic E-state index is 0. The molecule has 2 rings (SSSR count). The van der Waals surface area contributed by atoms with Gasteiger partial charge in [-0.15, -0.1) is 24.0 Å². The fourth-order valence-corrected chi connectivity index (χ4v) is 3.86. The fraction of sp³-hybridized carbons (Fsp3) is 0.647. The van der Waals surface area contributed by atoms with Crippen LogP contribution in [-0.4, -0.2) is 83.8 Å². The third kappa shape index (κ3) is 8.55. The fourth-order valence-electron chi connectivity index (χ4n) is 2.86. The number of pyridine rings is 1. The highest BCUT2D eigenvalue weighted by Crippen LogP contribution is 2.09. The summed E-state index contributed by atoms with van der Waals surface area (Å²) in [6, 6.07) is 3.48. The summed E-state index contributed by atoms with van der Waals surface area (Å²) in [7, 11) is -0.100. The first-order valence-electron chi connectivity index (χ1n) is 9.13. The van der Waals surface area contributed by atoms with Gasteiger partial charge >= 0.3 is 0 Å². The molecule has 2 heterocycles. The first kappa shape index (κ1) is 25.0. The van der Waals surface area contributed by atoms with Crippen molar-refractivity contribution in [3.63, 3.8) is 0 Å². The molecule has 0 spiro atoms. The first-order valence-corrected chi connectivity index (χ1v) is 10.6. The molecule has 3 N–H and O–H groups in total. The van der Waals surface area contributed by atoms with Gasteiger partial charge in [-0.05, 0) is 25.0 Å². The molecule has 0 atom stereocenters.